The molecule has 0 fully saturated rings. The van der Waals surface area contributed by atoms with Crippen molar-refractivity contribution in [1.82, 2.24) is 25.1 Å². The highest BCUT2D eigenvalue weighted by Gasteiger charge is 2.13. The molecule has 5 nitrogen and oxygen atoms in total. The number of nitrogens with zero attached hydrogens (tertiary/aromatic N) is 4. The Balaban J connectivity index is 2.01. The molecule has 0 aliphatic carbocycles. The molecule has 0 radical (unpaired) electrons. The summed E-state index contributed by atoms with van der Waals surface area (Å²) < 4.78 is 1.83. The fourth-order valence-electron chi connectivity index (χ4n) is 2.06. The van der Waals surface area contributed by atoms with E-state index in [1.165, 1.54) is 0 Å². The lowest BCUT2D eigenvalue weighted by atomic mass is 10.1. The largest absolute Gasteiger partial charge is 0.313 e. The maximum Gasteiger partial charge on any atom is 0.138 e. The van der Waals surface area contributed by atoms with Gasteiger partial charge in [0.15, 0.2) is 0 Å². The minimum absolute atomic E-state index is 0.345. The minimum atomic E-state index is 0.345. The molecule has 0 aliphatic heterocycles. The van der Waals surface area contributed by atoms with Crippen LogP contribution in [0.5, 0.6) is 0 Å². The van der Waals surface area contributed by atoms with Crippen molar-refractivity contribution < 1.29 is 0 Å². The van der Waals surface area contributed by atoms with Gasteiger partial charge in [-0.05, 0) is 25.1 Å². The van der Waals surface area contributed by atoms with Gasteiger partial charge in [0.1, 0.15) is 12.2 Å². The first kappa shape index (κ1) is 13.7. The molecule has 102 valence electrons. The van der Waals surface area contributed by atoms with Crippen LogP contribution in [0.3, 0.4) is 0 Å². The molecular formula is C14H21N5. The molecule has 0 bridgehead atoms. The smallest absolute Gasteiger partial charge is 0.138 e. The Morgan fingerprint density at radius 1 is 1.26 bits per heavy atom. The molecule has 1 unspecified atom stereocenters. The van der Waals surface area contributed by atoms with E-state index in [2.05, 4.69) is 33.4 Å². The Bertz CT molecular complexity index is 480. The van der Waals surface area contributed by atoms with Crippen LogP contribution >= 0.6 is 0 Å². The van der Waals surface area contributed by atoms with Crippen molar-refractivity contribution in [3.05, 3.63) is 42.2 Å². The zero-order valence-corrected chi connectivity index (χ0v) is 11.6. The van der Waals surface area contributed by atoms with E-state index in [9.17, 15) is 0 Å². The van der Waals surface area contributed by atoms with E-state index in [0.29, 0.717) is 6.04 Å². The van der Waals surface area contributed by atoms with Crippen molar-refractivity contribution in [3.8, 4) is 0 Å². The van der Waals surface area contributed by atoms with E-state index in [1.807, 2.05) is 30.1 Å². The predicted molar refractivity (Wildman–Crippen MR) is 74.7 cm³/mol. The summed E-state index contributed by atoms with van der Waals surface area (Å²) in [6, 6.07) is 6.39. The predicted octanol–water partition coefficient (Wildman–Crippen LogP) is 1.36. The molecule has 0 aromatic carbocycles. The highest BCUT2D eigenvalue weighted by Crippen LogP contribution is 2.05. The van der Waals surface area contributed by atoms with Crippen molar-refractivity contribution in [2.45, 2.75) is 32.2 Å². The summed E-state index contributed by atoms with van der Waals surface area (Å²) >= 11 is 0. The molecule has 0 saturated heterocycles. The van der Waals surface area contributed by atoms with Crippen LogP contribution in [0.25, 0.3) is 0 Å². The lowest BCUT2D eigenvalue weighted by Gasteiger charge is -2.17. The number of nitrogens with one attached hydrogen (secondary N) is 1. The van der Waals surface area contributed by atoms with Gasteiger partial charge in [0.2, 0.25) is 0 Å². The van der Waals surface area contributed by atoms with Gasteiger partial charge < -0.3 is 5.32 Å². The molecule has 2 rings (SSSR count). The van der Waals surface area contributed by atoms with Crippen LogP contribution in [0.15, 0.2) is 30.7 Å². The highest BCUT2D eigenvalue weighted by atomic mass is 15.3. The summed E-state index contributed by atoms with van der Waals surface area (Å²) in [5.41, 5.74) is 1.11. The van der Waals surface area contributed by atoms with Gasteiger partial charge in [-0.15, -0.1) is 0 Å². The van der Waals surface area contributed by atoms with Gasteiger partial charge >= 0.3 is 0 Å². The maximum atomic E-state index is 4.40. The number of rotatable bonds is 7. The molecule has 5 heteroatoms. The van der Waals surface area contributed by atoms with E-state index < -0.39 is 0 Å². The van der Waals surface area contributed by atoms with E-state index in [4.69, 9.17) is 0 Å². The molecule has 2 aromatic rings. The van der Waals surface area contributed by atoms with Gasteiger partial charge in [0.05, 0.1) is 0 Å². The number of pyridine rings is 1. The summed E-state index contributed by atoms with van der Waals surface area (Å²) in [6.45, 7) is 3.18. The molecule has 1 N–H and O–H groups in total. The van der Waals surface area contributed by atoms with Gasteiger partial charge in [-0.3, -0.25) is 9.67 Å². The van der Waals surface area contributed by atoms with Crippen LogP contribution in [0.1, 0.15) is 24.9 Å². The lowest BCUT2D eigenvalue weighted by Crippen LogP contribution is -2.34. The second-order valence-electron chi connectivity index (χ2n) is 4.68. The van der Waals surface area contributed by atoms with Gasteiger partial charge in [-0.1, -0.05) is 13.0 Å². The number of hydrogen-bond acceptors (Lipinski definition) is 4. The Morgan fingerprint density at radius 2 is 2.16 bits per heavy atom. The summed E-state index contributed by atoms with van der Waals surface area (Å²) in [6.07, 6.45) is 6.35. The Kier molecular flexibility index (Phi) is 5.03. The molecule has 19 heavy (non-hydrogen) atoms. The van der Waals surface area contributed by atoms with Gasteiger partial charge in [0.25, 0.3) is 0 Å². The summed E-state index contributed by atoms with van der Waals surface area (Å²) in [5, 5.41) is 7.68. The Hall–Kier alpha value is -1.75. The Labute approximate surface area is 114 Å². The summed E-state index contributed by atoms with van der Waals surface area (Å²) in [5.74, 6) is 1.00. The fourth-order valence-corrected chi connectivity index (χ4v) is 2.06. The fraction of sp³-hybridized carbons (Fsp3) is 0.500. The molecular weight excluding hydrogens is 238 g/mol. The molecule has 2 heterocycles. The van der Waals surface area contributed by atoms with Crippen LogP contribution in [-0.2, 0) is 19.9 Å². The number of hydrogen-bond donors (Lipinski definition) is 1. The van der Waals surface area contributed by atoms with Crippen molar-refractivity contribution in [1.29, 1.82) is 0 Å². The van der Waals surface area contributed by atoms with E-state index in [-0.39, 0.29) is 0 Å². The van der Waals surface area contributed by atoms with Gasteiger partial charge in [-0.25, -0.2) is 4.98 Å². The second kappa shape index (κ2) is 6.99. The van der Waals surface area contributed by atoms with Gasteiger partial charge in [-0.2, -0.15) is 5.10 Å². The standard InChI is InChI=1S/C14H21N5/c1-3-7-15-13(9-12-6-4-5-8-16-12)10-14-17-11-18-19(14)2/h4-6,8,11,13,15H,3,7,9-10H2,1-2H3. The molecule has 0 aliphatic rings. The average Bonchev–Trinajstić information content (AvgIpc) is 2.83. The van der Waals surface area contributed by atoms with Crippen LogP contribution < -0.4 is 5.32 Å². The van der Waals surface area contributed by atoms with Crippen molar-refractivity contribution in [3.63, 3.8) is 0 Å². The van der Waals surface area contributed by atoms with E-state index >= 15 is 0 Å². The van der Waals surface area contributed by atoms with Crippen LogP contribution in [0, 0.1) is 0 Å². The Morgan fingerprint density at radius 3 is 2.79 bits per heavy atom. The normalized spacial score (nSPS) is 12.5. The van der Waals surface area contributed by atoms with E-state index in [0.717, 1.165) is 37.3 Å². The maximum absolute atomic E-state index is 4.40. The van der Waals surface area contributed by atoms with Crippen molar-refractivity contribution in [2.75, 3.05) is 6.54 Å². The van der Waals surface area contributed by atoms with Crippen LogP contribution in [0.2, 0.25) is 0 Å². The molecule has 0 saturated carbocycles. The monoisotopic (exact) mass is 259 g/mol. The quantitative estimate of drug-likeness (QED) is 0.816. The first-order chi connectivity index (χ1) is 9.29. The lowest BCUT2D eigenvalue weighted by molar-refractivity contribution is 0.482. The third-order valence-electron chi connectivity index (χ3n) is 3.10. The molecule has 1 atom stereocenters. The summed E-state index contributed by atoms with van der Waals surface area (Å²) in [7, 11) is 1.93. The zero-order valence-electron chi connectivity index (χ0n) is 11.6. The number of aromatic nitrogens is 4. The van der Waals surface area contributed by atoms with Crippen molar-refractivity contribution in [2.24, 2.45) is 7.05 Å². The zero-order chi connectivity index (χ0) is 13.5. The second-order valence-corrected chi connectivity index (χ2v) is 4.68. The van der Waals surface area contributed by atoms with Crippen molar-refractivity contribution >= 4 is 0 Å². The molecule has 0 spiro atoms. The third-order valence-corrected chi connectivity index (χ3v) is 3.10. The molecule has 0 amide bonds. The van der Waals surface area contributed by atoms with Gasteiger partial charge in [0, 0.05) is 37.8 Å². The first-order valence-corrected chi connectivity index (χ1v) is 6.75. The first-order valence-electron chi connectivity index (χ1n) is 6.75. The topological polar surface area (TPSA) is 55.6 Å². The number of aryl methyl sites for hydroxylation is 1. The molecule has 2 aromatic heterocycles. The minimum Gasteiger partial charge on any atom is -0.313 e. The van der Waals surface area contributed by atoms with Crippen LogP contribution in [0.4, 0.5) is 0 Å². The van der Waals surface area contributed by atoms with Crippen LogP contribution in [-0.4, -0.2) is 32.3 Å². The highest BCUT2D eigenvalue weighted by molar-refractivity contribution is 5.06. The third kappa shape index (κ3) is 4.13. The average molecular weight is 259 g/mol. The van der Waals surface area contributed by atoms with E-state index in [1.54, 1.807) is 6.33 Å². The summed E-state index contributed by atoms with van der Waals surface area (Å²) in [4.78, 5) is 8.69. The SMILES string of the molecule is CCCNC(Cc1ccccn1)Cc1ncnn1C.